The van der Waals surface area contributed by atoms with Crippen LogP contribution in [0.3, 0.4) is 0 Å². The van der Waals surface area contributed by atoms with Crippen molar-refractivity contribution in [2.75, 3.05) is 0 Å². The number of thiophene rings is 1. The number of benzene rings is 1. The van der Waals surface area contributed by atoms with E-state index in [1.54, 1.807) is 11.3 Å². The molecule has 1 aliphatic rings. The van der Waals surface area contributed by atoms with E-state index in [0.29, 0.717) is 10.6 Å². The smallest absolute Gasteiger partial charge is 0.171 e. The van der Waals surface area contributed by atoms with E-state index in [1.165, 1.54) is 10.4 Å². The van der Waals surface area contributed by atoms with Gasteiger partial charge in [-0.15, -0.1) is 11.3 Å². The Morgan fingerprint density at radius 2 is 2.21 bits per heavy atom. The molecule has 0 bridgehead atoms. The fraction of sp³-hybridized carbons (Fsp3) is 0.312. The molecule has 2 aromatic rings. The van der Waals surface area contributed by atoms with E-state index < -0.39 is 0 Å². The van der Waals surface area contributed by atoms with Gasteiger partial charge in [0, 0.05) is 16.4 Å². The van der Waals surface area contributed by atoms with Crippen molar-refractivity contribution in [3.05, 3.63) is 56.2 Å². The second-order valence-corrected chi connectivity index (χ2v) is 6.50. The first-order valence-corrected chi connectivity index (χ1v) is 7.79. The third-order valence-corrected chi connectivity index (χ3v) is 5.07. The molecule has 1 aromatic heterocycles. The van der Waals surface area contributed by atoms with Gasteiger partial charge in [0.25, 0.3) is 0 Å². The number of hydrogen-bond donors (Lipinski definition) is 0. The highest BCUT2D eigenvalue weighted by atomic mass is 35.5. The summed E-state index contributed by atoms with van der Waals surface area (Å²) in [5, 5.41) is 2.67. The fourth-order valence-electron chi connectivity index (χ4n) is 2.77. The Morgan fingerprint density at radius 3 is 3.00 bits per heavy atom. The predicted octanol–water partition coefficient (Wildman–Crippen LogP) is 5.01. The number of ketones is 1. The van der Waals surface area contributed by atoms with E-state index in [9.17, 15) is 4.79 Å². The molecule has 0 aliphatic heterocycles. The van der Waals surface area contributed by atoms with Crippen LogP contribution in [0.1, 0.15) is 45.1 Å². The van der Waals surface area contributed by atoms with Crippen LogP contribution in [0.4, 0.5) is 0 Å². The lowest BCUT2D eigenvalue weighted by Crippen LogP contribution is -2.17. The van der Waals surface area contributed by atoms with Crippen molar-refractivity contribution < 1.29 is 4.79 Å². The van der Waals surface area contributed by atoms with E-state index in [-0.39, 0.29) is 11.7 Å². The third-order valence-electron chi connectivity index (χ3n) is 3.76. The second-order valence-electron chi connectivity index (χ2n) is 5.09. The summed E-state index contributed by atoms with van der Waals surface area (Å²) in [4.78, 5) is 14.1. The minimum absolute atomic E-state index is 0.00444. The van der Waals surface area contributed by atoms with Crippen LogP contribution in [-0.2, 0) is 6.42 Å². The highest BCUT2D eigenvalue weighted by molar-refractivity contribution is 7.10. The summed E-state index contributed by atoms with van der Waals surface area (Å²) >= 11 is 7.99. The summed E-state index contributed by atoms with van der Waals surface area (Å²) in [5.74, 6) is 0.166. The molecule has 1 atom stereocenters. The van der Waals surface area contributed by atoms with Crippen LogP contribution in [0.15, 0.2) is 29.6 Å². The summed E-state index contributed by atoms with van der Waals surface area (Å²) in [5.41, 5.74) is 2.97. The normalized spacial score (nSPS) is 18.1. The van der Waals surface area contributed by atoms with Crippen molar-refractivity contribution in [1.29, 1.82) is 0 Å². The first-order valence-electron chi connectivity index (χ1n) is 6.53. The topological polar surface area (TPSA) is 17.1 Å². The first kappa shape index (κ1) is 12.9. The number of fused-ring (bicyclic) bond motifs is 1. The molecule has 1 unspecified atom stereocenters. The van der Waals surface area contributed by atoms with E-state index in [4.69, 9.17) is 11.6 Å². The Hall–Kier alpha value is -1.12. The predicted molar refractivity (Wildman–Crippen MR) is 80.5 cm³/mol. The standard InChI is InChI=1S/C16H15ClOS/c1-10-5-6-13(14(17)9-10)16(18)12-3-2-4-15-11(12)7-8-19-15/h5-9,12H,2-4H2,1H3. The number of aryl methyl sites for hydroxylation is 2. The van der Waals surface area contributed by atoms with Crippen molar-refractivity contribution in [3.8, 4) is 0 Å². The molecule has 0 N–H and O–H groups in total. The minimum Gasteiger partial charge on any atom is -0.293 e. The van der Waals surface area contributed by atoms with Crippen molar-refractivity contribution in [3.63, 3.8) is 0 Å². The molecule has 0 saturated heterocycles. The van der Waals surface area contributed by atoms with Crippen LogP contribution in [0.5, 0.6) is 0 Å². The Morgan fingerprint density at radius 1 is 1.37 bits per heavy atom. The highest BCUT2D eigenvalue weighted by Crippen LogP contribution is 2.38. The molecule has 0 radical (unpaired) electrons. The molecular weight excluding hydrogens is 276 g/mol. The van der Waals surface area contributed by atoms with Gasteiger partial charge < -0.3 is 0 Å². The lowest BCUT2D eigenvalue weighted by molar-refractivity contribution is 0.0951. The lowest BCUT2D eigenvalue weighted by Gasteiger charge is -2.22. The lowest BCUT2D eigenvalue weighted by atomic mass is 9.82. The molecule has 0 fully saturated rings. The molecule has 19 heavy (non-hydrogen) atoms. The van der Waals surface area contributed by atoms with Gasteiger partial charge in [0.05, 0.1) is 5.02 Å². The van der Waals surface area contributed by atoms with E-state index in [2.05, 4.69) is 11.4 Å². The van der Waals surface area contributed by atoms with Crippen molar-refractivity contribution in [2.24, 2.45) is 0 Å². The SMILES string of the molecule is Cc1ccc(C(=O)C2CCCc3sccc32)c(Cl)c1. The Balaban J connectivity index is 1.98. The molecule has 3 heteroatoms. The Labute approximate surface area is 122 Å². The van der Waals surface area contributed by atoms with Gasteiger partial charge in [0.1, 0.15) is 0 Å². The van der Waals surface area contributed by atoms with E-state index in [1.807, 2.05) is 25.1 Å². The maximum absolute atomic E-state index is 12.7. The van der Waals surface area contributed by atoms with Gasteiger partial charge in [-0.05, 0) is 60.9 Å². The number of rotatable bonds is 2. The molecule has 3 rings (SSSR count). The minimum atomic E-state index is -0.00444. The molecule has 0 saturated carbocycles. The molecule has 1 aromatic carbocycles. The van der Waals surface area contributed by atoms with Crippen LogP contribution < -0.4 is 0 Å². The summed E-state index contributed by atoms with van der Waals surface area (Å²) in [6, 6.07) is 7.78. The molecular formula is C16H15ClOS. The summed E-state index contributed by atoms with van der Waals surface area (Å²) in [6.07, 6.45) is 3.14. The van der Waals surface area contributed by atoms with Crippen molar-refractivity contribution in [2.45, 2.75) is 32.1 Å². The van der Waals surface area contributed by atoms with Crippen LogP contribution in [0.2, 0.25) is 5.02 Å². The van der Waals surface area contributed by atoms with Gasteiger partial charge >= 0.3 is 0 Å². The average Bonchev–Trinajstić information content (AvgIpc) is 2.86. The number of Topliss-reactive ketones (excluding diaryl/α,β-unsaturated/α-hetero) is 1. The molecule has 1 aliphatic carbocycles. The first-order chi connectivity index (χ1) is 9.16. The molecule has 1 nitrogen and oxygen atoms in total. The van der Waals surface area contributed by atoms with Gasteiger partial charge in [0.2, 0.25) is 0 Å². The van der Waals surface area contributed by atoms with Gasteiger partial charge in [-0.1, -0.05) is 17.7 Å². The van der Waals surface area contributed by atoms with E-state index >= 15 is 0 Å². The van der Waals surface area contributed by atoms with Gasteiger partial charge in [0.15, 0.2) is 5.78 Å². The highest BCUT2D eigenvalue weighted by Gasteiger charge is 2.29. The monoisotopic (exact) mass is 290 g/mol. The number of halogens is 1. The fourth-order valence-corrected chi connectivity index (χ4v) is 4.08. The van der Waals surface area contributed by atoms with Crippen LogP contribution in [0.25, 0.3) is 0 Å². The molecule has 1 heterocycles. The van der Waals surface area contributed by atoms with Gasteiger partial charge in [-0.3, -0.25) is 4.79 Å². The Bertz CT molecular complexity index is 629. The average molecular weight is 291 g/mol. The number of hydrogen-bond acceptors (Lipinski definition) is 2. The molecule has 98 valence electrons. The molecule has 0 amide bonds. The van der Waals surface area contributed by atoms with Crippen molar-refractivity contribution >= 4 is 28.7 Å². The van der Waals surface area contributed by atoms with Crippen LogP contribution in [-0.4, -0.2) is 5.78 Å². The second kappa shape index (κ2) is 5.10. The van der Waals surface area contributed by atoms with E-state index in [0.717, 1.165) is 24.8 Å². The molecule has 0 spiro atoms. The largest absolute Gasteiger partial charge is 0.293 e. The maximum Gasteiger partial charge on any atom is 0.171 e. The summed E-state index contributed by atoms with van der Waals surface area (Å²) in [6.45, 7) is 1.98. The van der Waals surface area contributed by atoms with Gasteiger partial charge in [-0.25, -0.2) is 0 Å². The van der Waals surface area contributed by atoms with Crippen LogP contribution >= 0.6 is 22.9 Å². The zero-order chi connectivity index (χ0) is 13.4. The zero-order valence-electron chi connectivity index (χ0n) is 10.8. The van der Waals surface area contributed by atoms with Gasteiger partial charge in [-0.2, -0.15) is 0 Å². The Kier molecular flexibility index (Phi) is 3.46. The maximum atomic E-state index is 12.7. The summed E-state index contributed by atoms with van der Waals surface area (Å²) < 4.78 is 0. The van der Waals surface area contributed by atoms with Crippen molar-refractivity contribution in [1.82, 2.24) is 0 Å². The third kappa shape index (κ3) is 2.35. The zero-order valence-corrected chi connectivity index (χ0v) is 12.4. The summed E-state index contributed by atoms with van der Waals surface area (Å²) in [7, 11) is 0. The van der Waals surface area contributed by atoms with Crippen LogP contribution in [0, 0.1) is 6.92 Å². The quantitative estimate of drug-likeness (QED) is 0.710. The number of carbonyl (C=O) groups is 1. The number of carbonyl (C=O) groups excluding carboxylic acids is 1.